The van der Waals surface area contributed by atoms with E-state index in [-0.39, 0.29) is 30.1 Å². The minimum atomic E-state index is -4.06. The molecular formula is C19H23F2NO6. The lowest BCUT2D eigenvalue weighted by Gasteiger charge is -2.30. The first-order valence-electron chi connectivity index (χ1n) is 8.76. The number of rotatable bonds is 7. The van der Waals surface area contributed by atoms with Gasteiger partial charge in [-0.1, -0.05) is 12.1 Å². The van der Waals surface area contributed by atoms with Gasteiger partial charge in [0.05, 0.1) is 13.2 Å². The Morgan fingerprint density at radius 3 is 2.50 bits per heavy atom. The average molecular weight is 399 g/mol. The van der Waals surface area contributed by atoms with Crippen molar-refractivity contribution in [3.63, 3.8) is 0 Å². The van der Waals surface area contributed by atoms with Crippen LogP contribution in [0.1, 0.15) is 48.4 Å². The number of halogens is 2. The van der Waals surface area contributed by atoms with Gasteiger partial charge in [-0.2, -0.15) is 8.78 Å². The summed E-state index contributed by atoms with van der Waals surface area (Å²) in [6.45, 7) is 5.28. The molecule has 1 aliphatic rings. The predicted molar refractivity (Wildman–Crippen MR) is 94.2 cm³/mol. The molecule has 0 bridgehead atoms. The molecule has 2 atom stereocenters. The summed E-state index contributed by atoms with van der Waals surface area (Å²) < 4.78 is 44.8. The third-order valence-corrected chi connectivity index (χ3v) is 4.16. The van der Waals surface area contributed by atoms with Gasteiger partial charge in [-0.3, -0.25) is 9.59 Å². The van der Waals surface area contributed by atoms with Crippen LogP contribution in [0.5, 0.6) is 0 Å². The van der Waals surface area contributed by atoms with Crippen LogP contribution >= 0.6 is 0 Å². The summed E-state index contributed by atoms with van der Waals surface area (Å²) in [5.41, 5.74) is 0.249. The van der Waals surface area contributed by atoms with Gasteiger partial charge in [-0.25, -0.2) is 4.79 Å². The number of amides is 1. The van der Waals surface area contributed by atoms with Gasteiger partial charge in [0.1, 0.15) is 12.1 Å². The number of carbonyl (C=O) groups excluding carboxylic acids is 3. The molecule has 0 radical (unpaired) electrons. The molecule has 0 aliphatic carbocycles. The van der Waals surface area contributed by atoms with E-state index in [1.54, 1.807) is 0 Å². The Bertz CT molecular complexity index is 765. The largest absolute Gasteiger partial charge is 0.461 e. The lowest BCUT2D eigenvalue weighted by Crippen LogP contribution is -2.59. The Kier molecular flexibility index (Phi) is 6.51. The van der Waals surface area contributed by atoms with Crippen molar-refractivity contribution in [2.45, 2.75) is 51.6 Å². The Morgan fingerprint density at radius 2 is 1.96 bits per heavy atom. The maximum absolute atomic E-state index is 14.8. The number of alkyl halides is 2. The average Bonchev–Trinajstić information content (AvgIpc) is 2.98. The number of carbonyl (C=O) groups is 3. The van der Waals surface area contributed by atoms with Gasteiger partial charge in [0.2, 0.25) is 0 Å². The van der Waals surface area contributed by atoms with E-state index >= 15 is 0 Å². The highest BCUT2D eigenvalue weighted by atomic mass is 19.3. The van der Waals surface area contributed by atoms with E-state index in [4.69, 9.17) is 9.47 Å². The molecular weight excluding hydrogens is 376 g/mol. The van der Waals surface area contributed by atoms with Crippen LogP contribution in [-0.2, 0) is 19.0 Å². The molecule has 1 N–H and O–H groups in total. The molecule has 1 heterocycles. The Morgan fingerprint density at radius 1 is 1.32 bits per heavy atom. The van der Waals surface area contributed by atoms with Crippen LogP contribution in [0.15, 0.2) is 24.3 Å². The Hall–Kier alpha value is -2.39. The summed E-state index contributed by atoms with van der Waals surface area (Å²) in [5.74, 6) is -8.14. The van der Waals surface area contributed by atoms with E-state index in [2.05, 4.69) is 10.1 Å². The number of ether oxygens (including phenoxy) is 3. The van der Waals surface area contributed by atoms with Crippen molar-refractivity contribution in [2.24, 2.45) is 0 Å². The van der Waals surface area contributed by atoms with Crippen LogP contribution in [0.2, 0.25) is 0 Å². The number of nitrogens with one attached hydrogen (secondary N) is 1. The van der Waals surface area contributed by atoms with Gasteiger partial charge in [-0.05, 0) is 39.8 Å². The number of benzene rings is 1. The minimum Gasteiger partial charge on any atom is -0.461 e. The summed E-state index contributed by atoms with van der Waals surface area (Å²) in [4.78, 5) is 35.9. The zero-order valence-electron chi connectivity index (χ0n) is 16.1. The summed E-state index contributed by atoms with van der Waals surface area (Å²) >= 11 is 0. The van der Waals surface area contributed by atoms with Crippen LogP contribution in [0.25, 0.3) is 0 Å². The lowest BCUT2D eigenvalue weighted by molar-refractivity contribution is -0.187. The minimum absolute atomic E-state index is 0.00413. The number of esters is 1. The van der Waals surface area contributed by atoms with Gasteiger partial charge < -0.3 is 19.5 Å². The second-order valence-electron chi connectivity index (χ2n) is 6.80. The third kappa shape index (κ3) is 4.90. The number of hydrogen-bond acceptors (Lipinski definition) is 6. The molecule has 154 valence electrons. The molecule has 1 aliphatic heterocycles. The molecule has 0 unspecified atom stereocenters. The van der Waals surface area contributed by atoms with Gasteiger partial charge in [0.15, 0.2) is 11.6 Å². The second kappa shape index (κ2) is 8.32. The molecule has 9 heteroatoms. The molecule has 1 saturated heterocycles. The summed E-state index contributed by atoms with van der Waals surface area (Å²) in [6.07, 6.45) is -1.28. The highest BCUT2D eigenvalue weighted by molar-refractivity contribution is 6.00. The van der Waals surface area contributed by atoms with Gasteiger partial charge in [0, 0.05) is 11.1 Å². The van der Waals surface area contributed by atoms with E-state index in [9.17, 15) is 23.2 Å². The van der Waals surface area contributed by atoms with E-state index < -0.39 is 35.7 Å². The number of ketones is 1. The number of hydrogen-bond donors (Lipinski definition) is 1. The first-order chi connectivity index (χ1) is 13.0. The van der Waals surface area contributed by atoms with Crippen molar-refractivity contribution in [3.8, 4) is 0 Å². The van der Waals surface area contributed by atoms with Crippen LogP contribution < -0.4 is 5.32 Å². The molecule has 0 saturated carbocycles. The molecule has 1 fully saturated rings. The molecule has 0 aromatic heterocycles. The van der Waals surface area contributed by atoms with Crippen molar-refractivity contribution in [1.29, 1.82) is 0 Å². The summed E-state index contributed by atoms with van der Waals surface area (Å²) in [5, 5.41) is 2.15. The smallest absolute Gasteiger partial charge is 0.379 e. The molecule has 0 spiro atoms. The van der Waals surface area contributed by atoms with Crippen LogP contribution in [-0.4, -0.2) is 54.7 Å². The quantitative estimate of drug-likeness (QED) is 0.559. The normalized spacial score (nSPS) is 19.7. The Balaban J connectivity index is 2.31. The first kappa shape index (κ1) is 21.9. The van der Waals surface area contributed by atoms with Gasteiger partial charge >= 0.3 is 11.9 Å². The summed E-state index contributed by atoms with van der Waals surface area (Å²) in [6, 6.07) is 3.59. The highest BCUT2D eigenvalue weighted by Crippen LogP contribution is 2.32. The summed E-state index contributed by atoms with van der Waals surface area (Å²) in [7, 11) is 0. The van der Waals surface area contributed by atoms with E-state index in [0.717, 1.165) is 0 Å². The fraction of sp³-hybridized carbons (Fsp3) is 0.526. The lowest BCUT2D eigenvalue weighted by atomic mass is 10.0. The molecule has 7 nitrogen and oxygen atoms in total. The molecule has 1 aromatic rings. The Labute approximate surface area is 161 Å². The fourth-order valence-corrected chi connectivity index (χ4v) is 2.76. The van der Waals surface area contributed by atoms with Crippen molar-refractivity contribution in [3.05, 3.63) is 35.4 Å². The first-order valence-corrected chi connectivity index (χ1v) is 8.76. The molecule has 1 aromatic carbocycles. The van der Waals surface area contributed by atoms with Crippen molar-refractivity contribution < 1.29 is 37.4 Å². The van der Waals surface area contributed by atoms with Crippen LogP contribution in [0, 0.1) is 0 Å². The SMILES string of the molecule is CCOC(=O)C(F)(F)[C@H](NC(=O)c1cccc(C(C)=O)c1)[C@H]1COC(C)(C)O1. The fourth-order valence-electron chi connectivity index (χ4n) is 2.76. The maximum Gasteiger partial charge on any atom is 0.379 e. The second-order valence-corrected chi connectivity index (χ2v) is 6.80. The third-order valence-electron chi connectivity index (χ3n) is 4.16. The van der Waals surface area contributed by atoms with Gasteiger partial charge in [0.25, 0.3) is 5.91 Å². The highest BCUT2D eigenvalue weighted by Gasteiger charge is 2.56. The predicted octanol–water partition coefficient (Wildman–Crippen LogP) is 2.34. The van der Waals surface area contributed by atoms with E-state index in [1.165, 1.54) is 52.0 Å². The van der Waals surface area contributed by atoms with E-state index in [1.807, 2.05) is 0 Å². The zero-order chi connectivity index (χ0) is 21.1. The van der Waals surface area contributed by atoms with Crippen molar-refractivity contribution in [1.82, 2.24) is 5.32 Å². The monoisotopic (exact) mass is 399 g/mol. The number of Topliss-reactive ketones (excluding diaryl/α,β-unsaturated/α-hetero) is 1. The molecule has 28 heavy (non-hydrogen) atoms. The van der Waals surface area contributed by atoms with E-state index in [0.29, 0.717) is 0 Å². The topological polar surface area (TPSA) is 90.9 Å². The van der Waals surface area contributed by atoms with Gasteiger partial charge in [-0.15, -0.1) is 0 Å². The van der Waals surface area contributed by atoms with Crippen molar-refractivity contribution in [2.75, 3.05) is 13.2 Å². The van der Waals surface area contributed by atoms with Crippen LogP contribution in [0.3, 0.4) is 0 Å². The van der Waals surface area contributed by atoms with Crippen LogP contribution in [0.4, 0.5) is 8.78 Å². The maximum atomic E-state index is 14.8. The zero-order valence-corrected chi connectivity index (χ0v) is 16.1. The van der Waals surface area contributed by atoms with Crippen molar-refractivity contribution >= 4 is 17.7 Å². The standard InChI is InChI=1S/C19H23F2NO6/c1-5-26-17(25)19(20,21)15(14-10-27-18(3,4)28-14)22-16(24)13-8-6-7-12(9-13)11(2)23/h6-9,14-15H,5,10H2,1-4H3,(H,22,24)/t14-,15-/m1/s1. The molecule has 1 amide bonds. The molecule has 2 rings (SSSR count).